The van der Waals surface area contributed by atoms with Crippen molar-refractivity contribution in [2.75, 3.05) is 11.9 Å². The van der Waals surface area contributed by atoms with Gasteiger partial charge in [-0.2, -0.15) is 5.26 Å². The number of anilines is 1. The number of aromatic nitrogens is 1. The predicted octanol–water partition coefficient (Wildman–Crippen LogP) is 3.73. The quantitative estimate of drug-likeness (QED) is 0.836. The SMILES string of the molecule is CCC(C)(C)N(C)c1cc(C#N)c2ccccc2n1. The predicted molar refractivity (Wildman–Crippen MR) is 79.2 cm³/mol. The van der Waals surface area contributed by atoms with E-state index in [0.717, 1.165) is 23.1 Å². The van der Waals surface area contributed by atoms with Crippen LogP contribution in [0, 0.1) is 11.3 Å². The normalized spacial score (nSPS) is 11.3. The van der Waals surface area contributed by atoms with Gasteiger partial charge in [0.15, 0.2) is 0 Å². The van der Waals surface area contributed by atoms with Crippen molar-refractivity contribution in [1.82, 2.24) is 4.98 Å². The third kappa shape index (κ3) is 2.39. The molecular weight excluding hydrogens is 234 g/mol. The molecule has 0 aliphatic rings. The fourth-order valence-corrected chi connectivity index (χ4v) is 1.97. The van der Waals surface area contributed by atoms with E-state index in [-0.39, 0.29) is 5.54 Å². The third-order valence-corrected chi connectivity index (χ3v) is 3.94. The Bertz CT molecular complexity index is 638. The zero-order valence-electron chi connectivity index (χ0n) is 11.9. The van der Waals surface area contributed by atoms with Crippen LogP contribution in [0.15, 0.2) is 30.3 Å². The van der Waals surface area contributed by atoms with Crippen LogP contribution in [0.25, 0.3) is 10.9 Å². The smallest absolute Gasteiger partial charge is 0.130 e. The van der Waals surface area contributed by atoms with E-state index in [0.29, 0.717) is 5.56 Å². The first kappa shape index (κ1) is 13.4. The molecule has 0 fully saturated rings. The summed E-state index contributed by atoms with van der Waals surface area (Å²) in [7, 11) is 2.03. The fraction of sp³-hybridized carbons (Fsp3) is 0.375. The molecule has 0 aliphatic heterocycles. The van der Waals surface area contributed by atoms with Crippen molar-refractivity contribution in [2.24, 2.45) is 0 Å². The van der Waals surface area contributed by atoms with E-state index in [1.807, 2.05) is 37.4 Å². The summed E-state index contributed by atoms with van der Waals surface area (Å²) in [5.41, 5.74) is 1.57. The lowest BCUT2D eigenvalue weighted by molar-refractivity contribution is 0.467. The number of hydrogen-bond acceptors (Lipinski definition) is 3. The molecule has 3 nitrogen and oxygen atoms in total. The summed E-state index contributed by atoms with van der Waals surface area (Å²) in [4.78, 5) is 6.81. The number of nitrogens with zero attached hydrogens (tertiary/aromatic N) is 3. The molecule has 0 bridgehead atoms. The van der Waals surface area contributed by atoms with E-state index in [9.17, 15) is 5.26 Å². The monoisotopic (exact) mass is 253 g/mol. The van der Waals surface area contributed by atoms with Crippen molar-refractivity contribution >= 4 is 16.7 Å². The highest BCUT2D eigenvalue weighted by Gasteiger charge is 2.23. The number of nitriles is 1. The maximum Gasteiger partial charge on any atom is 0.130 e. The Morgan fingerprint density at radius 1 is 1.32 bits per heavy atom. The molecular formula is C16H19N3. The van der Waals surface area contributed by atoms with Gasteiger partial charge in [-0.1, -0.05) is 25.1 Å². The lowest BCUT2D eigenvalue weighted by Crippen LogP contribution is -2.41. The topological polar surface area (TPSA) is 39.9 Å². The zero-order chi connectivity index (χ0) is 14.0. The minimum Gasteiger partial charge on any atom is -0.355 e. The number of hydrogen-bond donors (Lipinski definition) is 0. The number of benzene rings is 1. The molecule has 98 valence electrons. The standard InChI is InChI=1S/C16H19N3/c1-5-16(2,3)19(4)15-10-12(11-17)13-8-6-7-9-14(13)18-15/h6-10H,5H2,1-4H3. The maximum atomic E-state index is 9.31. The molecule has 0 amide bonds. The molecule has 2 aromatic rings. The largest absolute Gasteiger partial charge is 0.355 e. The van der Waals surface area contributed by atoms with Gasteiger partial charge in [-0.25, -0.2) is 4.98 Å². The van der Waals surface area contributed by atoms with Gasteiger partial charge in [0.25, 0.3) is 0 Å². The van der Waals surface area contributed by atoms with Gasteiger partial charge in [0, 0.05) is 18.0 Å². The second kappa shape index (κ2) is 4.89. The van der Waals surface area contributed by atoms with Crippen molar-refractivity contribution in [3.63, 3.8) is 0 Å². The maximum absolute atomic E-state index is 9.31. The van der Waals surface area contributed by atoms with Crippen molar-refractivity contribution in [3.8, 4) is 6.07 Å². The summed E-state index contributed by atoms with van der Waals surface area (Å²) >= 11 is 0. The van der Waals surface area contributed by atoms with Gasteiger partial charge in [0.2, 0.25) is 0 Å². The second-order valence-corrected chi connectivity index (χ2v) is 5.38. The van der Waals surface area contributed by atoms with E-state index in [1.165, 1.54) is 0 Å². The van der Waals surface area contributed by atoms with Crippen LogP contribution in [0.1, 0.15) is 32.8 Å². The van der Waals surface area contributed by atoms with Crippen LogP contribution >= 0.6 is 0 Å². The third-order valence-electron chi connectivity index (χ3n) is 3.94. The van der Waals surface area contributed by atoms with Gasteiger partial charge in [-0.3, -0.25) is 0 Å². The highest BCUT2D eigenvalue weighted by Crippen LogP contribution is 2.27. The average molecular weight is 253 g/mol. The number of para-hydroxylation sites is 1. The van der Waals surface area contributed by atoms with Crippen LogP contribution in [0.3, 0.4) is 0 Å². The van der Waals surface area contributed by atoms with Gasteiger partial charge in [-0.15, -0.1) is 0 Å². The molecule has 3 heteroatoms. The summed E-state index contributed by atoms with van der Waals surface area (Å²) in [5, 5.41) is 10.2. The molecule has 0 radical (unpaired) electrons. The number of pyridine rings is 1. The molecule has 0 spiro atoms. The molecule has 1 heterocycles. The Kier molecular flexibility index (Phi) is 3.44. The van der Waals surface area contributed by atoms with Crippen LogP contribution in [-0.4, -0.2) is 17.6 Å². The first-order valence-electron chi connectivity index (χ1n) is 6.53. The Labute approximate surface area is 114 Å². The Morgan fingerprint density at radius 2 is 2.00 bits per heavy atom. The van der Waals surface area contributed by atoms with Crippen molar-refractivity contribution in [1.29, 1.82) is 5.26 Å². The van der Waals surface area contributed by atoms with Gasteiger partial charge in [0.05, 0.1) is 17.1 Å². The summed E-state index contributed by atoms with van der Waals surface area (Å²) in [6.45, 7) is 6.51. The van der Waals surface area contributed by atoms with Crippen LogP contribution < -0.4 is 4.90 Å². The van der Waals surface area contributed by atoms with Crippen LogP contribution in [0.2, 0.25) is 0 Å². The molecule has 0 saturated carbocycles. The molecule has 1 aromatic heterocycles. The first-order valence-corrected chi connectivity index (χ1v) is 6.53. The molecule has 19 heavy (non-hydrogen) atoms. The summed E-state index contributed by atoms with van der Waals surface area (Å²) < 4.78 is 0. The molecule has 0 N–H and O–H groups in total. The van der Waals surface area contributed by atoms with Crippen LogP contribution in [-0.2, 0) is 0 Å². The van der Waals surface area contributed by atoms with Gasteiger partial charge < -0.3 is 4.90 Å². The Balaban J connectivity index is 2.61. The molecule has 2 rings (SSSR count). The molecule has 0 aliphatic carbocycles. The van der Waals surface area contributed by atoms with E-state index in [2.05, 4.69) is 36.7 Å². The van der Waals surface area contributed by atoms with Crippen LogP contribution in [0.4, 0.5) is 5.82 Å². The summed E-state index contributed by atoms with van der Waals surface area (Å²) in [6, 6.07) is 11.9. The summed E-state index contributed by atoms with van der Waals surface area (Å²) in [5.74, 6) is 0.849. The number of rotatable bonds is 3. The summed E-state index contributed by atoms with van der Waals surface area (Å²) in [6.07, 6.45) is 1.01. The molecule has 0 saturated heterocycles. The second-order valence-electron chi connectivity index (χ2n) is 5.38. The van der Waals surface area contributed by atoms with E-state index in [4.69, 9.17) is 0 Å². The highest BCUT2D eigenvalue weighted by molar-refractivity contribution is 5.86. The Hall–Kier alpha value is -2.08. The average Bonchev–Trinajstić information content (AvgIpc) is 2.45. The van der Waals surface area contributed by atoms with E-state index in [1.54, 1.807) is 0 Å². The van der Waals surface area contributed by atoms with Crippen LogP contribution in [0.5, 0.6) is 0 Å². The van der Waals surface area contributed by atoms with Gasteiger partial charge in [0.1, 0.15) is 5.82 Å². The first-order chi connectivity index (χ1) is 8.99. The van der Waals surface area contributed by atoms with Crippen molar-refractivity contribution < 1.29 is 0 Å². The van der Waals surface area contributed by atoms with Gasteiger partial charge in [-0.05, 0) is 32.4 Å². The number of fused-ring (bicyclic) bond motifs is 1. The van der Waals surface area contributed by atoms with Gasteiger partial charge >= 0.3 is 0 Å². The minimum atomic E-state index is 0.0161. The highest BCUT2D eigenvalue weighted by atomic mass is 15.2. The van der Waals surface area contributed by atoms with E-state index < -0.39 is 0 Å². The fourth-order valence-electron chi connectivity index (χ4n) is 1.97. The van der Waals surface area contributed by atoms with Crippen molar-refractivity contribution in [2.45, 2.75) is 32.7 Å². The lowest BCUT2D eigenvalue weighted by Gasteiger charge is -2.36. The van der Waals surface area contributed by atoms with Crippen molar-refractivity contribution in [3.05, 3.63) is 35.9 Å². The zero-order valence-corrected chi connectivity index (χ0v) is 11.9. The molecule has 0 unspecified atom stereocenters. The van der Waals surface area contributed by atoms with E-state index >= 15 is 0 Å². The minimum absolute atomic E-state index is 0.0161. The Morgan fingerprint density at radius 3 is 2.63 bits per heavy atom. The molecule has 0 atom stereocenters. The lowest BCUT2D eigenvalue weighted by atomic mass is 9.99. The molecule has 1 aromatic carbocycles.